The standard InChI is InChI=1S/C14H20N2O2/c1-2-11(17)8-16-14(18)13-9-15-7-10-5-3-4-6-12(10)13/h3-6,11,13,15,17H,2,7-9H2,1H3,(H,16,18). The molecule has 0 spiro atoms. The molecule has 1 aromatic carbocycles. The fraction of sp³-hybridized carbons (Fsp3) is 0.500. The van der Waals surface area contributed by atoms with E-state index in [2.05, 4.69) is 10.6 Å². The van der Waals surface area contributed by atoms with Crippen LogP contribution in [0.2, 0.25) is 0 Å². The number of nitrogens with one attached hydrogen (secondary N) is 2. The highest BCUT2D eigenvalue weighted by Crippen LogP contribution is 2.23. The zero-order valence-electron chi connectivity index (χ0n) is 10.6. The minimum absolute atomic E-state index is 0.0119. The molecular weight excluding hydrogens is 228 g/mol. The largest absolute Gasteiger partial charge is 0.391 e. The van der Waals surface area contributed by atoms with Crippen molar-refractivity contribution in [2.75, 3.05) is 13.1 Å². The van der Waals surface area contributed by atoms with E-state index in [1.807, 2.05) is 31.2 Å². The molecule has 1 aliphatic rings. The van der Waals surface area contributed by atoms with Crippen LogP contribution in [0, 0.1) is 0 Å². The van der Waals surface area contributed by atoms with E-state index >= 15 is 0 Å². The van der Waals surface area contributed by atoms with Crippen LogP contribution in [0.4, 0.5) is 0 Å². The molecule has 1 aliphatic heterocycles. The van der Waals surface area contributed by atoms with Crippen LogP contribution < -0.4 is 10.6 Å². The average Bonchev–Trinajstić information content (AvgIpc) is 2.43. The zero-order chi connectivity index (χ0) is 13.0. The van der Waals surface area contributed by atoms with Crippen molar-refractivity contribution in [3.05, 3.63) is 35.4 Å². The Morgan fingerprint density at radius 1 is 1.56 bits per heavy atom. The van der Waals surface area contributed by atoms with Crippen molar-refractivity contribution in [1.29, 1.82) is 0 Å². The van der Waals surface area contributed by atoms with E-state index in [-0.39, 0.29) is 11.8 Å². The average molecular weight is 248 g/mol. The molecule has 98 valence electrons. The molecule has 0 aliphatic carbocycles. The Morgan fingerprint density at radius 2 is 2.33 bits per heavy atom. The Bertz CT molecular complexity index is 420. The van der Waals surface area contributed by atoms with Gasteiger partial charge in [-0.1, -0.05) is 31.2 Å². The molecule has 18 heavy (non-hydrogen) atoms. The number of rotatable bonds is 4. The zero-order valence-corrected chi connectivity index (χ0v) is 10.6. The third-order valence-electron chi connectivity index (χ3n) is 3.39. The van der Waals surface area contributed by atoms with Gasteiger partial charge in [-0.25, -0.2) is 0 Å². The van der Waals surface area contributed by atoms with Gasteiger partial charge in [-0.15, -0.1) is 0 Å². The summed E-state index contributed by atoms with van der Waals surface area (Å²) in [4.78, 5) is 12.1. The minimum Gasteiger partial charge on any atom is -0.391 e. The van der Waals surface area contributed by atoms with Crippen LogP contribution in [0.5, 0.6) is 0 Å². The van der Waals surface area contributed by atoms with E-state index in [1.165, 1.54) is 5.56 Å². The quantitative estimate of drug-likeness (QED) is 0.737. The second kappa shape index (κ2) is 5.98. The number of hydrogen-bond acceptors (Lipinski definition) is 3. The molecule has 0 saturated carbocycles. The third kappa shape index (κ3) is 2.89. The highest BCUT2D eigenvalue weighted by molar-refractivity contribution is 5.84. The van der Waals surface area contributed by atoms with Gasteiger partial charge in [0, 0.05) is 19.6 Å². The SMILES string of the molecule is CCC(O)CNC(=O)C1CNCc2ccccc21. The van der Waals surface area contributed by atoms with Gasteiger partial charge < -0.3 is 15.7 Å². The maximum absolute atomic E-state index is 12.1. The topological polar surface area (TPSA) is 61.4 Å². The first-order valence-electron chi connectivity index (χ1n) is 6.46. The number of carbonyl (C=O) groups excluding carboxylic acids is 1. The molecule has 4 heteroatoms. The molecule has 0 radical (unpaired) electrons. The normalized spacial score (nSPS) is 20.0. The van der Waals surface area contributed by atoms with Gasteiger partial charge in [0.15, 0.2) is 0 Å². The molecular formula is C14H20N2O2. The molecule has 0 bridgehead atoms. The monoisotopic (exact) mass is 248 g/mol. The molecule has 0 saturated heterocycles. The molecule has 1 heterocycles. The lowest BCUT2D eigenvalue weighted by Gasteiger charge is -2.25. The summed E-state index contributed by atoms with van der Waals surface area (Å²) in [7, 11) is 0. The molecule has 2 atom stereocenters. The van der Waals surface area contributed by atoms with E-state index in [0.29, 0.717) is 19.5 Å². The number of fused-ring (bicyclic) bond motifs is 1. The summed E-state index contributed by atoms with van der Waals surface area (Å²) in [6, 6.07) is 8.01. The Kier molecular flexibility index (Phi) is 4.33. The number of aliphatic hydroxyl groups excluding tert-OH is 1. The van der Waals surface area contributed by atoms with Crippen LogP contribution in [0.1, 0.15) is 30.4 Å². The first-order chi connectivity index (χ1) is 8.72. The second-order valence-electron chi connectivity index (χ2n) is 4.69. The number of amides is 1. The number of hydrogen-bond donors (Lipinski definition) is 3. The van der Waals surface area contributed by atoms with E-state index in [4.69, 9.17) is 0 Å². The Labute approximate surface area is 107 Å². The highest BCUT2D eigenvalue weighted by atomic mass is 16.3. The minimum atomic E-state index is -0.458. The summed E-state index contributed by atoms with van der Waals surface area (Å²) in [6.45, 7) is 3.70. The fourth-order valence-electron chi connectivity index (χ4n) is 2.22. The van der Waals surface area contributed by atoms with Crippen molar-refractivity contribution in [3.63, 3.8) is 0 Å². The van der Waals surface area contributed by atoms with Gasteiger partial charge in [0.05, 0.1) is 12.0 Å². The first-order valence-corrected chi connectivity index (χ1v) is 6.46. The molecule has 3 N–H and O–H groups in total. The van der Waals surface area contributed by atoms with Crippen LogP contribution in [0.25, 0.3) is 0 Å². The maximum Gasteiger partial charge on any atom is 0.228 e. The van der Waals surface area contributed by atoms with Gasteiger partial charge in [-0.2, -0.15) is 0 Å². The van der Waals surface area contributed by atoms with Gasteiger partial charge in [0.1, 0.15) is 0 Å². The lowest BCUT2D eigenvalue weighted by Crippen LogP contribution is -2.41. The van der Waals surface area contributed by atoms with Gasteiger partial charge in [0.2, 0.25) is 5.91 Å². The van der Waals surface area contributed by atoms with Gasteiger partial charge in [-0.3, -0.25) is 4.79 Å². The summed E-state index contributed by atoms with van der Waals surface area (Å²) in [5.41, 5.74) is 2.28. The van der Waals surface area contributed by atoms with Crippen LogP contribution in [-0.2, 0) is 11.3 Å². The summed E-state index contributed by atoms with van der Waals surface area (Å²) >= 11 is 0. The lowest BCUT2D eigenvalue weighted by molar-refractivity contribution is -0.123. The molecule has 1 aromatic rings. The smallest absolute Gasteiger partial charge is 0.228 e. The molecule has 2 unspecified atom stereocenters. The maximum atomic E-state index is 12.1. The summed E-state index contributed by atoms with van der Waals surface area (Å²) in [6.07, 6.45) is 0.195. The summed E-state index contributed by atoms with van der Waals surface area (Å²) in [5, 5.41) is 15.5. The van der Waals surface area contributed by atoms with Crippen LogP contribution in [-0.4, -0.2) is 30.2 Å². The molecule has 2 rings (SSSR count). The predicted molar refractivity (Wildman–Crippen MR) is 70.2 cm³/mol. The van der Waals surface area contributed by atoms with Crippen LogP contribution >= 0.6 is 0 Å². The van der Waals surface area contributed by atoms with Crippen molar-refractivity contribution in [1.82, 2.24) is 10.6 Å². The van der Waals surface area contributed by atoms with Gasteiger partial charge in [-0.05, 0) is 17.5 Å². The predicted octanol–water partition coefficient (Wildman–Crippen LogP) is 0.760. The van der Waals surface area contributed by atoms with Gasteiger partial charge in [0.25, 0.3) is 0 Å². The second-order valence-corrected chi connectivity index (χ2v) is 4.69. The number of benzene rings is 1. The van der Waals surface area contributed by atoms with Crippen LogP contribution in [0.15, 0.2) is 24.3 Å². The molecule has 0 aromatic heterocycles. The van der Waals surface area contributed by atoms with E-state index in [9.17, 15) is 9.90 Å². The number of carbonyl (C=O) groups is 1. The Morgan fingerprint density at radius 3 is 3.11 bits per heavy atom. The third-order valence-corrected chi connectivity index (χ3v) is 3.39. The first kappa shape index (κ1) is 13.1. The van der Waals surface area contributed by atoms with Crippen molar-refractivity contribution in [2.24, 2.45) is 0 Å². The van der Waals surface area contributed by atoms with Gasteiger partial charge >= 0.3 is 0 Å². The van der Waals surface area contributed by atoms with E-state index in [0.717, 1.165) is 12.1 Å². The van der Waals surface area contributed by atoms with Crippen LogP contribution in [0.3, 0.4) is 0 Å². The summed E-state index contributed by atoms with van der Waals surface area (Å²) < 4.78 is 0. The molecule has 1 amide bonds. The van der Waals surface area contributed by atoms with E-state index < -0.39 is 6.10 Å². The van der Waals surface area contributed by atoms with E-state index in [1.54, 1.807) is 0 Å². The summed E-state index contributed by atoms with van der Waals surface area (Å²) in [5.74, 6) is -0.166. The molecule has 0 fully saturated rings. The Hall–Kier alpha value is -1.39. The Balaban J connectivity index is 2.04. The van der Waals surface area contributed by atoms with Crippen molar-refractivity contribution in [3.8, 4) is 0 Å². The van der Waals surface area contributed by atoms with Crippen molar-refractivity contribution in [2.45, 2.75) is 31.9 Å². The lowest BCUT2D eigenvalue weighted by atomic mass is 9.90. The fourth-order valence-corrected chi connectivity index (χ4v) is 2.22. The molecule has 4 nitrogen and oxygen atoms in total. The highest BCUT2D eigenvalue weighted by Gasteiger charge is 2.25. The van der Waals surface area contributed by atoms with Crippen molar-refractivity contribution < 1.29 is 9.90 Å². The number of aliphatic hydroxyl groups is 1. The van der Waals surface area contributed by atoms with Crippen molar-refractivity contribution >= 4 is 5.91 Å².